The van der Waals surface area contributed by atoms with Gasteiger partial charge in [-0.05, 0) is 24.3 Å². The Bertz CT molecular complexity index is 927. The van der Waals surface area contributed by atoms with Gasteiger partial charge in [0.15, 0.2) is 5.78 Å². The zero-order chi connectivity index (χ0) is 17.8. The van der Waals surface area contributed by atoms with Crippen LogP contribution >= 0.6 is 23.4 Å². The van der Waals surface area contributed by atoms with Crippen LogP contribution in [0.25, 0.3) is 11.5 Å². The highest BCUT2D eigenvalue weighted by Gasteiger charge is 2.15. The zero-order valence-electron chi connectivity index (χ0n) is 12.6. The van der Waals surface area contributed by atoms with Gasteiger partial charge >= 0.3 is 0 Å². The number of hydrogen-bond donors (Lipinski definition) is 0. The molecular weight excluding hydrogens is 366 g/mol. The summed E-state index contributed by atoms with van der Waals surface area (Å²) in [5.41, 5.74) is 0.930. The fourth-order valence-electron chi connectivity index (χ4n) is 1.99. The van der Waals surface area contributed by atoms with Crippen molar-refractivity contribution in [1.82, 2.24) is 10.2 Å². The number of halogens is 1. The fourth-order valence-corrected chi connectivity index (χ4v) is 2.87. The van der Waals surface area contributed by atoms with Crippen LogP contribution in [0.1, 0.15) is 10.4 Å². The van der Waals surface area contributed by atoms with Gasteiger partial charge in [0.2, 0.25) is 5.89 Å². The van der Waals surface area contributed by atoms with Gasteiger partial charge in [0.25, 0.3) is 10.9 Å². The first-order valence-corrected chi connectivity index (χ1v) is 8.40. The minimum Gasteiger partial charge on any atom is -0.411 e. The molecule has 0 saturated carbocycles. The lowest BCUT2D eigenvalue weighted by molar-refractivity contribution is -0.384. The normalized spacial score (nSPS) is 10.6. The number of nitro groups is 1. The molecule has 3 aromatic rings. The molecule has 0 aliphatic heterocycles. The third-order valence-electron chi connectivity index (χ3n) is 3.24. The van der Waals surface area contributed by atoms with Crippen molar-refractivity contribution in [2.24, 2.45) is 0 Å². The van der Waals surface area contributed by atoms with E-state index in [1.54, 1.807) is 24.3 Å². The number of benzene rings is 2. The van der Waals surface area contributed by atoms with E-state index in [9.17, 15) is 14.9 Å². The van der Waals surface area contributed by atoms with Crippen LogP contribution in [0.15, 0.2) is 58.2 Å². The number of nitrogens with zero attached hydrogens (tertiary/aromatic N) is 3. The van der Waals surface area contributed by atoms with Crippen molar-refractivity contribution in [3.63, 3.8) is 0 Å². The first-order valence-electron chi connectivity index (χ1n) is 7.03. The van der Waals surface area contributed by atoms with Gasteiger partial charge in [-0.25, -0.2) is 0 Å². The van der Waals surface area contributed by atoms with Crippen molar-refractivity contribution in [1.29, 1.82) is 0 Å². The first kappa shape index (κ1) is 17.1. The van der Waals surface area contributed by atoms with E-state index < -0.39 is 4.92 Å². The Morgan fingerprint density at radius 1 is 1.16 bits per heavy atom. The molecule has 126 valence electrons. The van der Waals surface area contributed by atoms with Crippen LogP contribution < -0.4 is 0 Å². The second kappa shape index (κ2) is 7.45. The van der Waals surface area contributed by atoms with E-state index in [0.29, 0.717) is 16.1 Å². The van der Waals surface area contributed by atoms with Crippen LogP contribution in [0.3, 0.4) is 0 Å². The minimum atomic E-state index is -0.516. The summed E-state index contributed by atoms with van der Waals surface area (Å²) in [7, 11) is 0. The summed E-state index contributed by atoms with van der Waals surface area (Å²) in [6.45, 7) is 0. The molecule has 9 heteroatoms. The summed E-state index contributed by atoms with van der Waals surface area (Å²) in [5.74, 6) is 0.149. The van der Waals surface area contributed by atoms with Gasteiger partial charge in [0, 0.05) is 17.7 Å². The summed E-state index contributed by atoms with van der Waals surface area (Å²) < 4.78 is 5.50. The van der Waals surface area contributed by atoms with Crippen molar-refractivity contribution < 1.29 is 14.1 Å². The summed E-state index contributed by atoms with van der Waals surface area (Å²) in [5, 5.41) is 19.2. The highest BCUT2D eigenvalue weighted by Crippen LogP contribution is 2.28. The third-order valence-corrected chi connectivity index (χ3v) is 4.39. The molecule has 0 saturated heterocycles. The summed E-state index contributed by atoms with van der Waals surface area (Å²) in [6, 6.07) is 12.5. The lowest BCUT2D eigenvalue weighted by Crippen LogP contribution is -2.02. The molecule has 7 nitrogen and oxygen atoms in total. The van der Waals surface area contributed by atoms with E-state index in [2.05, 4.69) is 10.2 Å². The maximum atomic E-state index is 12.1. The minimum absolute atomic E-state index is 0.0644. The van der Waals surface area contributed by atoms with Crippen LogP contribution in [-0.4, -0.2) is 26.7 Å². The molecule has 1 heterocycles. The van der Waals surface area contributed by atoms with Crippen LogP contribution in [-0.2, 0) is 0 Å². The molecule has 25 heavy (non-hydrogen) atoms. The predicted octanol–water partition coefficient (Wildman–Crippen LogP) is 4.27. The van der Waals surface area contributed by atoms with E-state index >= 15 is 0 Å². The van der Waals surface area contributed by atoms with Gasteiger partial charge in [-0.2, -0.15) is 0 Å². The molecule has 1 aromatic heterocycles. The molecule has 0 radical (unpaired) electrons. The molecule has 0 atom stereocenters. The van der Waals surface area contributed by atoms with E-state index in [1.807, 2.05) is 0 Å². The molecule has 0 amide bonds. The SMILES string of the molecule is O=C(CSc1nnc(-c2ccccc2Cl)o1)c1ccc([N+](=O)[O-])cc1. The summed E-state index contributed by atoms with van der Waals surface area (Å²) in [4.78, 5) is 22.2. The lowest BCUT2D eigenvalue weighted by Gasteiger charge is -1.99. The number of ketones is 1. The van der Waals surface area contributed by atoms with Gasteiger partial charge in [-0.1, -0.05) is 35.5 Å². The predicted molar refractivity (Wildman–Crippen MR) is 92.9 cm³/mol. The highest BCUT2D eigenvalue weighted by atomic mass is 35.5. The first-order chi connectivity index (χ1) is 12.0. The lowest BCUT2D eigenvalue weighted by atomic mass is 10.1. The monoisotopic (exact) mass is 375 g/mol. The van der Waals surface area contributed by atoms with E-state index in [-0.39, 0.29) is 28.3 Å². The summed E-state index contributed by atoms with van der Waals surface area (Å²) in [6.07, 6.45) is 0. The van der Waals surface area contributed by atoms with E-state index in [4.69, 9.17) is 16.0 Å². The number of thioether (sulfide) groups is 1. The van der Waals surface area contributed by atoms with Crippen molar-refractivity contribution in [3.8, 4) is 11.5 Å². The van der Waals surface area contributed by atoms with Crippen LogP contribution in [0, 0.1) is 10.1 Å². The van der Waals surface area contributed by atoms with Crippen molar-refractivity contribution in [3.05, 3.63) is 69.2 Å². The van der Waals surface area contributed by atoms with Gasteiger partial charge in [-0.3, -0.25) is 14.9 Å². The Morgan fingerprint density at radius 3 is 2.56 bits per heavy atom. The average Bonchev–Trinajstić information content (AvgIpc) is 3.09. The molecule has 0 fully saturated rings. The van der Waals surface area contributed by atoms with Crippen molar-refractivity contribution in [2.45, 2.75) is 5.22 Å². The Balaban J connectivity index is 1.65. The van der Waals surface area contributed by atoms with Crippen LogP contribution in [0.2, 0.25) is 5.02 Å². The number of rotatable bonds is 6. The number of non-ortho nitro benzene ring substituents is 1. The number of Topliss-reactive ketones (excluding diaryl/α,β-unsaturated/α-hetero) is 1. The summed E-state index contributed by atoms with van der Waals surface area (Å²) >= 11 is 7.16. The third kappa shape index (κ3) is 4.04. The smallest absolute Gasteiger partial charge is 0.277 e. The molecule has 0 aliphatic rings. The Morgan fingerprint density at radius 2 is 1.88 bits per heavy atom. The molecule has 0 N–H and O–H groups in total. The Labute approximate surface area is 151 Å². The maximum Gasteiger partial charge on any atom is 0.277 e. The van der Waals surface area contributed by atoms with E-state index in [1.165, 1.54) is 24.3 Å². The maximum absolute atomic E-state index is 12.1. The van der Waals surface area contributed by atoms with Crippen LogP contribution in [0.5, 0.6) is 0 Å². The van der Waals surface area contributed by atoms with Gasteiger partial charge in [0.05, 0.1) is 21.3 Å². The largest absolute Gasteiger partial charge is 0.411 e. The molecule has 0 spiro atoms. The topological polar surface area (TPSA) is 99.1 Å². The number of aromatic nitrogens is 2. The number of carbonyl (C=O) groups excluding carboxylic acids is 1. The van der Waals surface area contributed by atoms with E-state index in [0.717, 1.165) is 11.8 Å². The second-order valence-electron chi connectivity index (χ2n) is 4.87. The molecule has 0 aliphatic carbocycles. The van der Waals surface area contributed by atoms with Crippen molar-refractivity contribution in [2.75, 3.05) is 5.75 Å². The molecule has 2 aromatic carbocycles. The second-order valence-corrected chi connectivity index (χ2v) is 6.20. The highest BCUT2D eigenvalue weighted by molar-refractivity contribution is 7.99. The standard InChI is InChI=1S/C16H10ClN3O4S/c17-13-4-2-1-3-12(13)15-18-19-16(24-15)25-9-14(21)10-5-7-11(8-6-10)20(22)23/h1-8H,9H2. The molecule has 3 rings (SSSR count). The van der Waals surface area contributed by atoms with Gasteiger partial charge in [-0.15, -0.1) is 10.2 Å². The molecular formula is C16H10ClN3O4S. The number of carbonyl (C=O) groups is 1. The Kier molecular flexibility index (Phi) is 5.11. The Hall–Kier alpha value is -2.71. The molecule has 0 bridgehead atoms. The van der Waals surface area contributed by atoms with Crippen molar-refractivity contribution >= 4 is 34.8 Å². The average molecular weight is 376 g/mol. The van der Waals surface area contributed by atoms with Crippen LogP contribution in [0.4, 0.5) is 5.69 Å². The molecule has 0 unspecified atom stereocenters. The van der Waals surface area contributed by atoms with Gasteiger partial charge in [0.1, 0.15) is 0 Å². The van der Waals surface area contributed by atoms with Gasteiger partial charge < -0.3 is 4.42 Å². The number of hydrogen-bond acceptors (Lipinski definition) is 7. The fraction of sp³-hybridized carbons (Fsp3) is 0.0625. The quantitative estimate of drug-likeness (QED) is 0.274. The zero-order valence-corrected chi connectivity index (χ0v) is 14.2. The number of nitro benzene ring substituents is 1.